The SMILES string of the molecule is COc1cc(O)cc(-n2cncn2)c1. The molecule has 0 amide bonds. The zero-order valence-corrected chi connectivity index (χ0v) is 7.58. The van der Waals surface area contributed by atoms with Crippen molar-refractivity contribution in [3.8, 4) is 17.2 Å². The molecule has 0 aliphatic carbocycles. The summed E-state index contributed by atoms with van der Waals surface area (Å²) >= 11 is 0. The van der Waals surface area contributed by atoms with E-state index in [0.717, 1.165) is 0 Å². The van der Waals surface area contributed by atoms with Crippen LogP contribution in [0.1, 0.15) is 0 Å². The molecule has 1 aromatic heterocycles. The molecule has 2 aromatic rings. The lowest BCUT2D eigenvalue weighted by Crippen LogP contribution is -1.94. The van der Waals surface area contributed by atoms with E-state index in [9.17, 15) is 5.11 Å². The van der Waals surface area contributed by atoms with Gasteiger partial charge in [-0.2, -0.15) is 5.10 Å². The quantitative estimate of drug-likeness (QED) is 0.768. The van der Waals surface area contributed by atoms with Crippen molar-refractivity contribution in [1.82, 2.24) is 14.8 Å². The molecule has 0 aliphatic heterocycles. The molecule has 0 bridgehead atoms. The van der Waals surface area contributed by atoms with E-state index in [4.69, 9.17) is 4.74 Å². The van der Waals surface area contributed by atoms with Gasteiger partial charge in [0.05, 0.1) is 12.8 Å². The van der Waals surface area contributed by atoms with E-state index in [-0.39, 0.29) is 5.75 Å². The fourth-order valence-corrected chi connectivity index (χ4v) is 1.16. The third kappa shape index (κ3) is 1.52. The first-order valence-corrected chi connectivity index (χ1v) is 4.02. The molecule has 0 aliphatic rings. The smallest absolute Gasteiger partial charge is 0.138 e. The van der Waals surface area contributed by atoms with E-state index in [1.807, 2.05) is 0 Å². The van der Waals surface area contributed by atoms with Gasteiger partial charge in [-0.1, -0.05) is 0 Å². The maximum absolute atomic E-state index is 9.38. The Morgan fingerprint density at radius 2 is 2.21 bits per heavy atom. The number of benzene rings is 1. The number of aromatic nitrogens is 3. The number of phenols is 1. The van der Waals surface area contributed by atoms with Gasteiger partial charge < -0.3 is 9.84 Å². The third-order valence-electron chi connectivity index (χ3n) is 1.80. The number of methoxy groups -OCH3 is 1. The first kappa shape index (κ1) is 8.55. The summed E-state index contributed by atoms with van der Waals surface area (Å²) in [5.41, 5.74) is 0.708. The molecule has 5 heteroatoms. The van der Waals surface area contributed by atoms with Crippen LogP contribution in [0.3, 0.4) is 0 Å². The van der Waals surface area contributed by atoms with Gasteiger partial charge in [0, 0.05) is 18.2 Å². The van der Waals surface area contributed by atoms with Gasteiger partial charge in [-0.15, -0.1) is 0 Å². The van der Waals surface area contributed by atoms with Crippen LogP contribution in [0.2, 0.25) is 0 Å². The van der Waals surface area contributed by atoms with Crippen molar-refractivity contribution < 1.29 is 9.84 Å². The monoisotopic (exact) mass is 191 g/mol. The van der Waals surface area contributed by atoms with Gasteiger partial charge in [-0.25, -0.2) is 9.67 Å². The molecule has 1 N–H and O–H groups in total. The molecule has 5 nitrogen and oxygen atoms in total. The molecule has 0 radical (unpaired) electrons. The zero-order chi connectivity index (χ0) is 9.97. The van der Waals surface area contributed by atoms with Crippen molar-refractivity contribution in [3.63, 3.8) is 0 Å². The zero-order valence-electron chi connectivity index (χ0n) is 7.58. The number of nitrogens with zero attached hydrogens (tertiary/aromatic N) is 3. The van der Waals surface area contributed by atoms with Gasteiger partial charge in [0.2, 0.25) is 0 Å². The minimum absolute atomic E-state index is 0.134. The molecule has 0 fully saturated rings. The summed E-state index contributed by atoms with van der Waals surface area (Å²) in [6.07, 6.45) is 2.98. The van der Waals surface area contributed by atoms with Crippen LogP contribution in [0.25, 0.3) is 5.69 Å². The largest absolute Gasteiger partial charge is 0.508 e. The minimum Gasteiger partial charge on any atom is -0.508 e. The highest BCUT2D eigenvalue weighted by Gasteiger charge is 2.02. The van der Waals surface area contributed by atoms with E-state index >= 15 is 0 Å². The number of hydrogen-bond acceptors (Lipinski definition) is 4. The molecule has 0 spiro atoms. The van der Waals surface area contributed by atoms with Crippen molar-refractivity contribution >= 4 is 0 Å². The molecule has 1 heterocycles. The third-order valence-corrected chi connectivity index (χ3v) is 1.80. The molecule has 0 saturated heterocycles. The van der Waals surface area contributed by atoms with Gasteiger partial charge in [0.15, 0.2) is 0 Å². The van der Waals surface area contributed by atoms with Crippen molar-refractivity contribution in [2.75, 3.05) is 7.11 Å². The summed E-state index contributed by atoms with van der Waals surface area (Å²) in [4.78, 5) is 3.81. The van der Waals surface area contributed by atoms with Crippen LogP contribution in [-0.4, -0.2) is 27.0 Å². The van der Waals surface area contributed by atoms with Crippen molar-refractivity contribution in [2.45, 2.75) is 0 Å². The van der Waals surface area contributed by atoms with Crippen LogP contribution in [0.5, 0.6) is 11.5 Å². The molecule has 0 atom stereocenters. The maximum atomic E-state index is 9.38. The second kappa shape index (κ2) is 3.37. The van der Waals surface area contributed by atoms with Gasteiger partial charge in [-0.3, -0.25) is 0 Å². The Bertz CT molecular complexity index is 426. The lowest BCUT2D eigenvalue weighted by atomic mass is 10.3. The highest BCUT2D eigenvalue weighted by Crippen LogP contribution is 2.23. The molecule has 72 valence electrons. The minimum atomic E-state index is 0.134. The van der Waals surface area contributed by atoms with E-state index in [0.29, 0.717) is 11.4 Å². The van der Waals surface area contributed by atoms with Crippen LogP contribution >= 0.6 is 0 Å². The molecule has 0 unspecified atom stereocenters. The van der Waals surface area contributed by atoms with E-state index < -0.39 is 0 Å². The van der Waals surface area contributed by atoms with Crippen LogP contribution in [-0.2, 0) is 0 Å². The normalized spacial score (nSPS) is 10.1. The summed E-state index contributed by atoms with van der Waals surface area (Å²) in [5, 5.41) is 13.3. The van der Waals surface area contributed by atoms with Crippen LogP contribution in [0, 0.1) is 0 Å². The average molecular weight is 191 g/mol. The fourth-order valence-electron chi connectivity index (χ4n) is 1.16. The summed E-state index contributed by atoms with van der Waals surface area (Å²) in [7, 11) is 1.54. The molecular formula is C9H9N3O2. The van der Waals surface area contributed by atoms with Crippen molar-refractivity contribution in [2.24, 2.45) is 0 Å². The number of rotatable bonds is 2. The number of aromatic hydroxyl groups is 1. The summed E-state index contributed by atoms with van der Waals surface area (Å²) < 4.78 is 6.56. The summed E-state index contributed by atoms with van der Waals surface area (Å²) in [5.74, 6) is 0.713. The second-order valence-electron chi connectivity index (χ2n) is 2.73. The Morgan fingerprint density at radius 1 is 1.36 bits per heavy atom. The Morgan fingerprint density at radius 3 is 2.86 bits per heavy atom. The Labute approximate surface area is 80.6 Å². The van der Waals surface area contributed by atoms with E-state index in [1.54, 1.807) is 30.3 Å². The number of phenolic OH excluding ortho intramolecular Hbond substituents is 1. The maximum Gasteiger partial charge on any atom is 0.138 e. The van der Waals surface area contributed by atoms with Gasteiger partial charge >= 0.3 is 0 Å². The first-order valence-electron chi connectivity index (χ1n) is 4.02. The number of ether oxygens (including phenoxy) is 1. The predicted molar refractivity (Wildman–Crippen MR) is 49.6 cm³/mol. The highest BCUT2D eigenvalue weighted by molar-refractivity contribution is 5.45. The Hall–Kier alpha value is -2.04. The lowest BCUT2D eigenvalue weighted by Gasteiger charge is -2.04. The van der Waals surface area contributed by atoms with Crippen LogP contribution in [0.4, 0.5) is 0 Å². The molecule has 14 heavy (non-hydrogen) atoms. The van der Waals surface area contributed by atoms with Crippen LogP contribution in [0.15, 0.2) is 30.9 Å². The van der Waals surface area contributed by atoms with Crippen LogP contribution < -0.4 is 4.74 Å². The van der Waals surface area contributed by atoms with Gasteiger partial charge in [0.1, 0.15) is 24.2 Å². The van der Waals surface area contributed by atoms with E-state index in [2.05, 4.69) is 10.1 Å². The Balaban J connectivity index is 2.48. The summed E-state index contributed by atoms with van der Waals surface area (Å²) in [6, 6.07) is 4.87. The number of hydrogen-bond donors (Lipinski definition) is 1. The highest BCUT2D eigenvalue weighted by atomic mass is 16.5. The fraction of sp³-hybridized carbons (Fsp3) is 0.111. The van der Waals surface area contributed by atoms with Crippen molar-refractivity contribution in [1.29, 1.82) is 0 Å². The topological polar surface area (TPSA) is 60.2 Å². The molecule has 0 saturated carbocycles. The molecular weight excluding hydrogens is 182 g/mol. The van der Waals surface area contributed by atoms with E-state index in [1.165, 1.54) is 12.4 Å². The van der Waals surface area contributed by atoms with Gasteiger partial charge in [0.25, 0.3) is 0 Å². The van der Waals surface area contributed by atoms with Crippen molar-refractivity contribution in [3.05, 3.63) is 30.9 Å². The standard InChI is InChI=1S/C9H9N3O2/c1-14-9-3-7(2-8(13)4-9)12-6-10-5-11-12/h2-6,13H,1H3. The second-order valence-corrected chi connectivity index (χ2v) is 2.73. The van der Waals surface area contributed by atoms with Gasteiger partial charge in [-0.05, 0) is 0 Å². The molecule has 2 rings (SSSR count). The Kier molecular flexibility index (Phi) is 2.06. The average Bonchev–Trinajstić information content (AvgIpc) is 2.69. The lowest BCUT2D eigenvalue weighted by molar-refractivity contribution is 0.407. The summed E-state index contributed by atoms with van der Waals surface area (Å²) in [6.45, 7) is 0. The first-order chi connectivity index (χ1) is 6.79. The molecule has 1 aromatic carbocycles. The predicted octanol–water partition coefficient (Wildman–Crippen LogP) is 0.981.